The minimum atomic E-state index is -1.21. The zero-order valence-electron chi connectivity index (χ0n) is 14.9. The van der Waals surface area contributed by atoms with E-state index in [-0.39, 0.29) is 31.5 Å². The van der Waals surface area contributed by atoms with Gasteiger partial charge in [-0.3, -0.25) is 14.4 Å². The predicted octanol–water partition coefficient (Wildman–Crippen LogP) is 2.32. The standard InChI is InChI=1S/C18H28O6/c1-5-16(3,4)15(23)24-18-7-12(11(2)19)6-17(10-18,14(21)22)8-13(20)9-18/h12-13,20H,5-10H2,1-4H3,(H,21,22). The van der Waals surface area contributed by atoms with Gasteiger partial charge < -0.3 is 14.9 Å². The summed E-state index contributed by atoms with van der Waals surface area (Å²) in [5, 5.41) is 20.0. The molecule has 2 aliphatic rings. The first-order valence-electron chi connectivity index (χ1n) is 8.61. The number of hydrogen-bond acceptors (Lipinski definition) is 5. The molecule has 0 amide bonds. The molecule has 0 heterocycles. The van der Waals surface area contributed by atoms with Crippen LogP contribution in [0, 0.1) is 16.7 Å². The first-order chi connectivity index (χ1) is 11.0. The Morgan fingerprint density at radius 2 is 1.79 bits per heavy atom. The van der Waals surface area contributed by atoms with Crippen LogP contribution in [0.2, 0.25) is 0 Å². The summed E-state index contributed by atoms with van der Waals surface area (Å²) < 4.78 is 5.82. The Bertz CT molecular complexity index is 554. The molecular weight excluding hydrogens is 312 g/mol. The van der Waals surface area contributed by atoms with E-state index in [0.717, 1.165) is 0 Å². The number of carboxylic acids is 1. The van der Waals surface area contributed by atoms with E-state index in [9.17, 15) is 24.6 Å². The highest BCUT2D eigenvalue weighted by atomic mass is 16.6. The number of aliphatic hydroxyl groups excluding tert-OH is 1. The quantitative estimate of drug-likeness (QED) is 0.745. The first-order valence-corrected chi connectivity index (χ1v) is 8.61. The summed E-state index contributed by atoms with van der Waals surface area (Å²) in [5.41, 5.74) is -2.97. The molecule has 2 bridgehead atoms. The van der Waals surface area contributed by atoms with E-state index in [1.54, 1.807) is 13.8 Å². The van der Waals surface area contributed by atoms with Crippen LogP contribution in [0.4, 0.5) is 0 Å². The molecule has 136 valence electrons. The third kappa shape index (κ3) is 3.34. The Hall–Kier alpha value is -1.43. The molecule has 0 spiro atoms. The SMILES string of the molecule is CCC(C)(C)C(=O)OC12CC(O)CC(C(=O)O)(CC(C(C)=O)C1)C2. The van der Waals surface area contributed by atoms with Gasteiger partial charge in [-0.1, -0.05) is 6.92 Å². The predicted molar refractivity (Wildman–Crippen MR) is 86.2 cm³/mol. The molecule has 2 saturated carbocycles. The minimum Gasteiger partial charge on any atom is -0.481 e. The maximum Gasteiger partial charge on any atom is 0.312 e. The normalized spacial score (nSPS) is 36.0. The number of fused-ring (bicyclic) bond motifs is 2. The van der Waals surface area contributed by atoms with Crippen LogP contribution in [0.1, 0.15) is 66.2 Å². The second-order valence-electron chi connectivity index (χ2n) is 8.35. The van der Waals surface area contributed by atoms with E-state index in [4.69, 9.17) is 4.74 Å². The van der Waals surface area contributed by atoms with Gasteiger partial charge in [-0.25, -0.2) is 0 Å². The maximum absolute atomic E-state index is 12.6. The molecule has 0 aromatic rings. The molecule has 4 unspecified atom stereocenters. The Kier molecular flexibility index (Phi) is 4.83. The van der Waals surface area contributed by atoms with Crippen LogP contribution in [0.15, 0.2) is 0 Å². The summed E-state index contributed by atoms with van der Waals surface area (Å²) in [7, 11) is 0. The molecule has 2 N–H and O–H groups in total. The average molecular weight is 340 g/mol. The van der Waals surface area contributed by atoms with E-state index in [0.29, 0.717) is 12.8 Å². The highest BCUT2D eigenvalue weighted by molar-refractivity contribution is 5.82. The van der Waals surface area contributed by atoms with Gasteiger partial charge in [-0.15, -0.1) is 0 Å². The number of carbonyl (C=O) groups is 3. The van der Waals surface area contributed by atoms with E-state index in [2.05, 4.69) is 0 Å². The third-order valence-corrected chi connectivity index (χ3v) is 5.92. The Morgan fingerprint density at radius 3 is 2.29 bits per heavy atom. The molecule has 4 atom stereocenters. The lowest BCUT2D eigenvalue weighted by Gasteiger charge is -2.53. The molecule has 0 aromatic carbocycles. The van der Waals surface area contributed by atoms with Gasteiger partial charge in [0.25, 0.3) is 0 Å². The largest absolute Gasteiger partial charge is 0.481 e. The first kappa shape index (κ1) is 18.9. The van der Waals surface area contributed by atoms with Crippen molar-refractivity contribution in [3.05, 3.63) is 0 Å². The van der Waals surface area contributed by atoms with Crippen LogP contribution >= 0.6 is 0 Å². The number of aliphatic carboxylic acids is 1. The number of ether oxygens (including phenoxy) is 1. The molecule has 0 radical (unpaired) electrons. The van der Waals surface area contributed by atoms with Crippen LogP contribution in [-0.2, 0) is 19.1 Å². The van der Waals surface area contributed by atoms with E-state index in [1.165, 1.54) is 6.92 Å². The van der Waals surface area contributed by atoms with Crippen molar-refractivity contribution >= 4 is 17.7 Å². The molecule has 6 nitrogen and oxygen atoms in total. The Balaban J connectivity index is 2.39. The van der Waals surface area contributed by atoms with E-state index >= 15 is 0 Å². The number of esters is 1. The number of hydrogen-bond donors (Lipinski definition) is 2. The summed E-state index contributed by atoms with van der Waals surface area (Å²) >= 11 is 0. The number of rotatable bonds is 5. The van der Waals surface area contributed by atoms with Crippen molar-refractivity contribution in [3.8, 4) is 0 Å². The van der Waals surface area contributed by atoms with Crippen LogP contribution < -0.4 is 0 Å². The zero-order valence-corrected chi connectivity index (χ0v) is 14.9. The fourth-order valence-corrected chi connectivity index (χ4v) is 4.15. The molecular formula is C18H28O6. The van der Waals surface area contributed by atoms with Crippen LogP contribution in [-0.4, -0.2) is 39.6 Å². The average Bonchev–Trinajstić information content (AvgIpc) is 2.45. The van der Waals surface area contributed by atoms with E-state index < -0.39 is 40.4 Å². The summed E-state index contributed by atoms with van der Waals surface area (Å²) in [6.45, 7) is 6.89. The highest BCUT2D eigenvalue weighted by Gasteiger charge is 2.60. The van der Waals surface area contributed by atoms with E-state index in [1.807, 2.05) is 6.92 Å². The Morgan fingerprint density at radius 1 is 1.17 bits per heavy atom. The van der Waals surface area contributed by atoms with Gasteiger partial charge in [0, 0.05) is 18.8 Å². The van der Waals surface area contributed by atoms with Crippen molar-refractivity contribution in [3.63, 3.8) is 0 Å². The monoisotopic (exact) mass is 340 g/mol. The van der Waals surface area contributed by atoms with Gasteiger partial charge in [0.2, 0.25) is 0 Å². The number of carbonyl (C=O) groups excluding carboxylic acids is 2. The van der Waals surface area contributed by atoms with Crippen molar-refractivity contribution in [2.24, 2.45) is 16.7 Å². The number of Topliss-reactive ketones (excluding diaryl/α,β-unsaturated/α-hetero) is 1. The topological polar surface area (TPSA) is 101 Å². The van der Waals surface area contributed by atoms with Gasteiger partial charge in [0.15, 0.2) is 0 Å². The fraction of sp³-hybridized carbons (Fsp3) is 0.833. The molecule has 6 heteroatoms. The van der Waals surface area contributed by atoms with Crippen molar-refractivity contribution in [1.82, 2.24) is 0 Å². The lowest BCUT2D eigenvalue weighted by Crippen LogP contribution is -2.58. The summed E-state index contributed by atoms with van der Waals surface area (Å²) in [6, 6.07) is 0. The van der Waals surface area contributed by atoms with Gasteiger partial charge in [0.1, 0.15) is 11.4 Å². The van der Waals surface area contributed by atoms with Crippen LogP contribution in [0.3, 0.4) is 0 Å². The summed E-state index contributed by atoms with van der Waals surface area (Å²) in [6.07, 6.45) is 0.692. The van der Waals surface area contributed by atoms with Crippen LogP contribution in [0.25, 0.3) is 0 Å². The lowest BCUT2D eigenvalue weighted by atomic mass is 9.55. The van der Waals surface area contributed by atoms with Gasteiger partial charge in [0.05, 0.1) is 16.9 Å². The number of aliphatic hydroxyl groups is 1. The number of ketones is 1. The van der Waals surface area contributed by atoms with Crippen molar-refractivity contribution in [1.29, 1.82) is 0 Å². The van der Waals surface area contributed by atoms with Gasteiger partial charge in [-0.05, 0) is 46.5 Å². The Labute approximate surface area is 142 Å². The summed E-state index contributed by atoms with van der Waals surface area (Å²) in [5.74, 6) is -1.98. The lowest BCUT2D eigenvalue weighted by molar-refractivity contribution is -0.207. The van der Waals surface area contributed by atoms with Crippen molar-refractivity contribution < 1.29 is 29.3 Å². The second-order valence-corrected chi connectivity index (χ2v) is 8.35. The molecule has 0 saturated heterocycles. The van der Waals surface area contributed by atoms with Gasteiger partial charge in [-0.2, -0.15) is 0 Å². The molecule has 2 fully saturated rings. The molecule has 24 heavy (non-hydrogen) atoms. The molecule has 0 aromatic heterocycles. The number of carboxylic acid groups (broad SMARTS) is 1. The molecule has 2 rings (SSSR count). The summed E-state index contributed by atoms with van der Waals surface area (Å²) in [4.78, 5) is 36.5. The van der Waals surface area contributed by atoms with Gasteiger partial charge >= 0.3 is 11.9 Å². The van der Waals surface area contributed by atoms with Crippen molar-refractivity contribution in [2.45, 2.75) is 77.9 Å². The fourth-order valence-electron chi connectivity index (χ4n) is 4.15. The third-order valence-electron chi connectivity index (χ3n) is 5.92. The van der Waals surface area contributed by atoms with Crippen molar-refractivity contribution in [2.75, 3.05) is 0 Å². The highest BCUT2D eigenvalue weighted by Crippen LogP contribution is 2.55. The van der Waals surface area contributed by atoms with Crippen LogP contribution in [0.5, 0.6) is 0 Å². The smallest absolute Gasteiger partial charge is 0.312 e. The maximum atomic E-state index is 12.6. The molecule has 0 aliphatic heterocycles. The minimum absolute atomic E-state index is 0.0908. The second kappa shape index (κ2) is 6.14. The zero-order chi connectivity index (χ0) is 18.3. The molecule has 2 aliphatic carbocycles.